The average molecular weight is 398 g/mol. The molecule has 1 heterocycles. The van der Waals surface area contributed by atoms with E-state index < -0.39 is 11.6 Å². The molecule has 4 rings (SSSR count). The number of thiophene rings is 1. The molecular formula is C22H17F2NS2. The first-order chi connectivity index (χ1) is 13.2. The quantitative estimate of drug-likeness (QED) is 0.324. The molecule has 0 atom stereocenters. The van der Waals surface area contributed by atoms with Crippen LogP contribution < -0.4 is 0 Å². The number of aliphatic imine (C=N–C) groups is 1. The fraction of sp³-hybridized carbons (Fsp3) is 0.227. The van der Waals surface area contributed by atoms with Crippen LogP contribution in [0.3, 0.4) is 0 Å². The minimum absolute atomic E-state index is 0.0239. The van der Waals surface area contributed by atoms with Crippen molar-refractivity contribution >= 4 is 34.4 Å². The van der Waals surface area contributed by atoms with Crippen molar-refractivity contribution in [3.63, 3.8) is 0 Å². The summed E-state index contributed by atoms with van der Waals surface area (Å²) in [7, 11) is 0. The molecule has 0 spiro atoms. The Morgan fingerprint density at radius 1 is 0.926 bits per heavy atom. The Labute approximate surface area is 166 Å². The lowest BCUT2D eigenvalue weighted by atomic mass is 10.0. The van der Waals surface area contributed by atoms with Crippen LogP contribution in [0, 0.1) is 11.6 Å². The minimum Gasteiger partial charge on any atom is -0.206 e. The molecule has 1 aromatic heterocycles. The van der Waals surface area contributed by atoms with E-state index in [1.807, 2.05) is 6.07 Å². The van der Waals surface area contributed by atoms with E-state index in [2.05, 4.69) is 28.4 Å². The van der Waals surface area contributed by atoms with Crippen LogP contribution in [-0.2, 0) is 0 Å². The number of hydrogen-bond acceptors (Lipinski definition) is 3. The average Bonchev–Trinajstić information content (AvgIpc) is 3.34. The summed E-state index contributed by atoms with van der Waals surface area (Å²) in [6, 6.07) is 13.5. The smallest absolute Gasteiger partial charge is 0.134 e. The van der Waals surface area contributed by atoms with Gasteiger partial charge in [0, 0.05) is 9.75 Å². The van der Waals surface area contributed by atoms with Gasteiger partial charge in [-0.15, -0.1) is 11.3 Å². The molecule has 136 valence electrons. The summed E-state index contributed by atoms with van der Waals surface area (Å²) in [5, 5.41) is 2.28. The molecule has 1 aliphatic carbocycles. The molecule has 1 nitrogen and oxygen atoms in total. The van der Waals surface area contributed by atoms with Gasteiger partial charge in [0.1, 0.15) is 11.6 Å². The standard InChI is InChI=1S/C22H17F2NS2/c23-18-11-16(21-10-9-20(27-21)14-3-1-2-4-14)12-19(24)22(18)15-5-7-17(8-6-15)25-13-26/h5-12,14H,1-4H2. The highest BCUT2D eigenvalue weighted by molar-refractivity contribution is 7.78. The summed E-state index contributed by atoms with van der Waals surface area (Å²) < 4.78 is 29.5. The van der Waals surface area contributed by atoms with Crippen LogP contribution in [0.15, 0.2) is 53.5 Å². The molecule has 27 heavy (non-hydrogen) atoms. The molecule has 0 amide bonds. The SMILES string of the molecule is Fc1cc(-c2ccc(C3CCCC3)s2)cc(F)c1-c1ccc(N=C=S)cc1. The maximum atomic E-state index is 14.8. The predicted molar refractivity (Wildman–Crippen MR) is 111 cm³/mol. The number of nitrogens with zero attached hydrogens (tertiary/aromatic N) is 1. The Kier molecular flexibility index (Phi) is 5.26. The first-order valence-electron chi connectivity index (χ1n) is 8.93. The van der Waals surface area contributed by atoms with Crippen molar-refractivity contribution in [3.05, 3.63) is 65.0 Å². The highest BCUT2D eigenvalue weighted by atomic mass is 32.1. The lowest BCUT2D eigenvalue weighted by molar-refractivity contribution is 0.590. The molecular weight excluding hydrogens is 380 g/mol. The summed E-state index contributed by atoms with van der Waals surface area (Å²) in [6.45, 7) is 0. The van der Waals surface area contributed by atoms with Crippen molar-refractivity contribution in [2.75, 3.05) is 0 Å². The molecule has 1 aliphatic rings. The van der Waals surface area contributed by atoms with E-state index in [4.69, 9.17) is 0 Å². The third-order valence-corrected chi connectivity index (χ3v) is 6.43. The summed E-state index contributed by atoms with van der Waals surface area (Å²) >= 11 is 6.21. The number of thiocarbonyl (C=S) groups is 1. The van der Waals surface area contributed by atoms with Crippen molar-refractivity contribution in [2.24, 2.45) is 4.99 Å². The van der Waals surface area contributed by atoms with E-state index in [1.54, 1.807) is 35.6 Å². The van der Waals surface area contributed by atoms with E-state index in [1.165, 1.54) is 42.7 Å². The minimum atomic E-state index is -0.563. The van der Waals surface area contributed by atoms with Crippen LogP contribution >= 0.6 is 23.6 Å². The van der Waals surface area contributed by atoms with Gasteiger partial charge in [-0.25, -0.2) is 8.78 Å². The molecule has 3 aromatic rings. The van der Waals surface area contributed by atoms with Gasteiger partial charge in [0.05, 0.1) is 16.4 Å². The van der Waals surface area contributed by atoms with Crippen molar-refractivity contribution in [3.8, 4) is 21.6 Å². The molecule has 0 radical (unpaired) electrons. The van der Waals surface area contributed by atoms with Gasteiger partial charge in [0.15, 0.2) is 0 Å². The molecule has 1 fully saturated rings. The van der Waals surface area contributed by atoms with Gasteiger partial charge in [-0.1, -0.05) is 25.0 Å². The maximum absolute atomic E-state index is 14.8. The van der Waals surface area contributed by atoms with E-state index in [9.17, 15) is 8.78 Å². The summed E-state index contributed by atoms with van der Waals surface area (Å²) in [4.78, 5) is 6.08. The second-order valence-corrected chi connectivity index (χ2v) is 8.05. The molecule has 0 saturated heterocycles. The van der Waals surface area contributed by atoms with Crippen LogP contribution in [0.1, 0.15) is 36.5 Å². The Morgan fingerprint density at radius 3 is 2.22 bits per heavy atom. The summed E-state index contributed by atoms with van der Waals surface area (Å²) in [5.74, 6) is -0.523. The van der Waals surface area contributed by atoms with E-state index in [0.29, 0.717) is 22.7 Å². The zero-order chi connectivity index (χ0) is 18.8. The topological polar surface area (TPSA) is 12.4 Å². The maximum Gasteiger partial charge on any atom is 0.134 e. The van der Waals surface area contributed by atoms with Gasteiger partial charge < -0.3 is 0 Å². The number of isothiocyanates is 1. The van der Waals surface area contributed by atoms with Crippen molar-refractivity contribution in [1.82, 2.24) is 0 Å². The molecule has 0 N–H and O–H groups in total. The monoisotopic (exact) mass is 397 g/mol. The van der Waals surface area contributed by atoms with E-state index >= 15 is 0 Å². The van der Waals surface area contributed by atoms with Gasteiger partial charge in [0.25, 0.3) is 0 Å². The van der Waals surface area contributed by atoms with Crippen molar-refractivity contribution < 1.29 is 8.78 Å². The van der Waals surface area contributed by atoms with Gasteiger partial charge in [-0.3, -0.25) is 0 Å². The van der Waals surface area contributed by atoms with Gasteiger partial charge in [-0.05, 0) is 78.5 Å². The molecule has 0 bridgehead atoms. The third kappa shape index (κ3) is 3.77. The second-order valence-electron chi connectivity index (χ2n) is 6.75. The highest BCUT2D eigenvalue weighted by Crippen LogP contribution is 2.41. The Bertz CT molecular complexity index is 988. The number of benzene rings is 2. The first-order valence-corrected chi connectivity index (χ1v) is 10.2. The van der Waals surface area contributed by atoms with Crippen LogP contribution in [0.4, 0.5) is 14.5 Å². The van der Waals surface area contributed by atoms with Gasteiger partial charge in [-0.2, -0.15) is 4.99 Å². The molecule has 0 unspecified atom stereocenters. The Balaban J connectivity index is 1.66. The van der Waals surface area contributed by atoms with Crippen LogP contribution in [-0.4, -0.2) is 5.16 Å². The molecule has 0 aliphatic heterocycles. The first kappa shape index (κ1) is 18.2. The molecule has 1 saturated carbocycles. The van der Waals surface area contributed by atoms with E-state index in [-0.39, 0.29) is 5.56 Å². The van der Waals surface area contributed by atoms with E-state index in [0.717, 1.165) is 4.88 Å². The fourth-order valence-electron chi connectivity index (χ4n) is 3.68. The number of halogens is 2. The summed E-state index contributed by atoms with van der Waals surface area (Å²) in [6.07, 6.45) is 4.96. The largest absolute Gasteiger partial charge is 0.206 e. The summed E-state index contributed by atoms with van der Waals surface area (Å²) in [5.41, 5.74) is 1.64. The highest BCUT2D eigenvalue weighted by Gasteiger charge is 2.20. The Hall–Kier alpha value is -2.20. The van der Waals surface area contributed by atoms with Crippen LogP contribution in [0.5, 0.6) is 0 Å². The Morgan fingerprint density at radius 2 is 1.59 bits per heavy atom. The van der Waals surface area contributed by atoms with Gasteiger partial charge in [0.2, 0.25) is 0 Å². The van der Waals surface area contributed by atoms with Crippen molar-refractivity contribution in [2.45, 2.75) is 31.6 Å². The fourth-order valence-corrected chi connectivity index (χ4v) is 4.95. The molecule has 2 aromatic carbocycles. The van der Waals surface area contributed by atoms with Crippen LogP contribution in [0.25, 0.3) is 21.6 Å². The lowest BCUT2D eigenvalue weighted by Crippen LogP contribution is -1.91. The number of hydrogen-bond donors (Lipinski definition) is 0. The van der Waals surface area contributed by atoms with Crippen LogP contribution in [0.2, 0.25) is 0 Å². The normalized spacial score (nSPS) is 14.3. The lowest BCUT2D eigenvalue weighted by Gasteiger charge is -2.08. The zero-order valence-corrected chi connectivity index (χ0v) is 16.2. The zero-order valence-electron chi connectivity index (χ0n) is 14.5. The second kappa shape index (κ2) is 7.81. The number of rotatable bonds is 4. The van der Waals surface area contributed by atoms with Gasteiger partial charge >= 0.3 is 0 Å². The van der Waals surface area contributed by atoms with Crippen molar-refractivity contribution in [1.29, 1.82) is 0 Å². The third-order valence-electron chi connectivity index (χ3n) is 5.04. The molecule has 5 heteroatoms. The predicted octanol–water partition coefficient (Wildman–Crippen LogP) is 7.75.